The van der Waals surface area contributed by atoms with Crippen molar-refractivity contribution in [2.45, 2.75) is 11.7 Å². The molecule has 0 aromatic heterocycles. The van der Waals surface area contributed by atoms with Crippen molar-refractivity contribution in [1.82, 2.24) is 5.32 Å². The van der Waals surface area contributed by atoms with Gasteiger partial charge in [0.05, 0.1) is 5.25 Å². The van der Waals surface area contributed by atoms with Crippen LogP contribution in [0.5, 0.6) is 0 Å². The number of thiocarbonyl (C=S) groups is 1. The van der Waals surface area contributed by atoms with Gasteiger partial charge >= 0.3 is 5.97 Å². The Balaban J connectivity index is 2.01. The van der Waals surface area contributed by atoms with Crippen LogP contribution in [0.25, 0.3) is 6.08 Å². The summed E-state index contributed by atoms with van der Waals surface area (Å²) in [7, 11) is 0. The molecule has 1 aliphatic rings. The van der Waals surface area contributed by atoms with Gasteiger partial charge in [-0.25, -0.2) is 4.79 Å². The molecule has 6 heteroatoms. The van der Waals surface area contributed by atoms with Crippen molar-refractivity contribution in [3.8, 4) is 0 Å². The van der Waals surface area contributed by atoms with E-state index < -0.39 is 5.97 Å². The Kier molecular flexibility index (Phi) is 4.34. The molecule has 1 saturated heterocycles. The fourth-order valence-corrected chi connectivity index (χ4v) is 2.98. The Morgan fingerprint density at radius 2 is 2.11 bits per heavy atom. The minimum absolute atomic E-state index is 0.0511. The van der Waals surface area contributed by atoms with Gasteiger partial charge in [-0.2, -0.15) is 0 Å². The first-order valence-corrected chi connectivity index (χ1v) is 6.85. The Bertz CT molecular complexity index is 552. The molecule has 1 atom stereocenters. The maximum atomic E-state index is 11.5. The van der Waals surface area contributed by atoms with Gasteiger partial charge in [0.25, 0.3) is 0 Å². The highest BCUT2D eigenvalue weighted by Gasteiger charge is 2.28. The van der Waals surface area contributed by atoms with Crippen molar-refractivity contribution in [3.63, 3.8) is 0 Å². The maximum Gasteiger partial charge on any atom is 0.328 e. The summed E-state index contributed by atoms with van der Waals surface area (Å²) in [5, 5.41) is 11.0. The SMILES string of the molecule is O=C(O)/C=C/c1ccc(CC2SC(=S)NC2=O)cc1. The highest BCUT2D eigenvalue weighted by molar-refractivity contribution is 8.24. The van der Waals surface area contributed by atoms with E-state index in [0.717, 1.165) is 17.2 Å². The molecule has 2 N–H and O–H groups in total. The minimum Gasteiger partial charge on any atom is -0.478 e. The third-order valence-corrected chi connectivity index (χ3v) is 3.96. The summed E-state index contributed by atoms with van der Waals surface area (Å²) in [6.07, 6.45) is 3.23. The van der Waals surface area contributed by atoms with E-state index in [1.165, 1.54) is 17.8 Å². The molecule has 1 unspecified atom stereocenters. The van der Waals surface area contributed by atoms with Crippen molar-refractivity contribution in [3.05, 3.63) is 41.5 Å². The summed E-state index contributed by atoms with van der Waals surface area (Å²) >= 11 is 6.30. The number of rotatable bonds is 4. The van der Waals surface area contributed by atoms with Crippen molar-refractivity contribution < 1.29 is 14.7 Å². The lowest BCUT2D eigenvalue weighted by atomic mass is 10.1. The zero-order chi connectivity index (χ0) is 13.8. The number of hydrogen-bond acceptors (Lipinski definition) is 4. The fraction of sp³-hybridized carbons (Fsp3) is 0.154. The lowest BCUT2D eigenvalue weighted by molar-refractivity contribution is -0.131. The minimum atomic E-state index is -0.975. The van der Waals surface area contributed by atoms with Crippen LogP contribution in [0.2, 0.25) is 0 Å². The molecule has 2 rings (SSSR count). The first-order chi connectivity index (χ1) is 9.04. The van der Waals surface area contributed by atoms with Gasteiger partial charge < -0.3 is 10.4 Å². The van der Waals surface area contributed by atoms with Crippen LogP contribution in [-0.4, -0.2) is 26.6 Å². The summed E-state index contributed by atoms with van der Waals surface area (Å²) in [6.45, 7) is 0. The van der Waals surface area contributed by atoms with Crippen LogP contribution < -0.4 is 5.32 Å². The van der Waals surface area contributed by atoms with Gasteiger partial charge in [-0.05, 0) is 23.6 Å². The van der Waals surface area contributed by atoms with E-state index >= 15 is 0 Å². The third kappa shape index (κ3) is 3.90. The Morgan fingerprint density at radius 1 is 1.42 bits per heavy atom. The van der Waals surface area contributed by atoms with Crippen LogP contribution in [0, 0.1) is 0 Å². The Labute approximate surface area is 119 Å². The number of carbonyl (C=O) groups excluding carboxylic acids is 1. The highest BCUT2D eigenvalue weighted by Crippen LogP contribution is 2.23. The standard InChI is InChI=1S/C13H11NO3S2/c15-11(16)6-5-8-1-3-9(4-2-8)7-10-12(17)14-13(18)19-10/h1-6,10H,7H2,(H,15,16)(H,14,17,18)/b6-5+. The molecule has 1 aliphatic heterocycles. The average molecular weight is 293 g/mol. The first-order valence-electron chi connectivity index (χ1n) is 5.56. The van der Waals surface area contributed by atoms with E-state index in [1.807, 2.05) is 24.3 Å². The monoisotopic (exact) mass is 293 g/mol. The second-order valence-corrected chi connectivity index (χ2v) is 5.88. The highest BCUT2D eigenvalue weighted by atomic mass is 32.2. The lowest BCUT2D eigenvalue weighted by Gasteiger charge is -2.05. The number of carboxylic acids is 1. The number of aliphatic carboxylic acids is 1. The Morgan fingerprint density at radius 3 is 2.63 bits per heavy atom. The average Bonchev–Trinajstić information content (AvgIpc) is 2.67. The van der Waals surface area contributed by atoms with Gasteiger partial charge in [-0.15, -0.1) is 0 Å². The molecule has 1 aromatic rings. The van der Waals surface area contributed by atoms with Crippen molar-refractivity contribution >= 4 is 46.3 Å². The van der Waals surface area contributed by atoms with Crippen LogP contribution in [0.4, 0.5) is 0 Å². The number of carboxylic acid groups (broad SMARTS) is 1. The fourth-order valence-electron chi connectivity index (χ4n) is 1.67. The zero-order valence-electron chi connectivity index (χ0n) is 9.83. The largest absolute Gasteiger partial charge is 0.478 e. The lowest BCUT2D eigenvalue weighted by Crippen LogP contribution is -2.25. The molecular weight excluding hydrogens is 282 g/mol. The normalized spacial score (nSPS) is 18.8. The quantitative estimate of drug-likeness (QED) is 0.655. The predicted octanol–water partition coefficient (Wildman–Crippen LogP) is 1.84. The van der Waals surface area contributed by atoms with Gasteiger partial charge in [0, 0.05) is 6.08 Å². The van der Waals surface area contributed by atoms with Gasteiger partial charge in [-0.1, -0.05) is 48.2 Å². The molecule has 0 radical (unpaired) electrons. The van der Waals surface area contributed by atoms with E-state index in [2.05, 4.69) is 5.32 Å². The maximum absolute atomic E-state index is 11.5. The van der Waals surface area contributed by atoms with Crippen molar-refractivity contribution in [2.75, 3.05) is 0 Å². The van der Waals surface area contributed by atoms with E-state index in [0.29, 0.717) is 10.7 Å². The van der Waals surface area contributed by atoms with Gasteiger partial charge in [0.2, 0.25) is 5.91 Å². The molecule has 19 heavy (non-hydrogen) atoms. The molecule has 0 saturated carbocycles. The molecule has 0 spiro atoms. The van der Waals surface area contributed by atoms with Crippen LogP contribution in [0.15, 0.2) is 30.3 Å². The molecule has 0 aliphatic carbocycles. The second-order valence-electron chi connectivity index (χ2n) is 4.00. The van der Waals surface area contributed by atoms with Crippen molar-refractivity contribution in [2.24, 2.45) is 0 Å². The van der Waals surface area contributed by atoms with E-state index in [4.69, 9.17) is 17.3 Å². The molecule has 1 aromatic carbocycles. The molecule has 1 fully saturated rings. The summed E-state index contributed by atoms with van der Waals surface area (Å²) < 4.78 is 0.524. The van der Waals surface area contributed by atoms with E-state index in [-0.39, 0.29) is 11.2 Å². The van der Waals surface area contributed by atoms with Gasteiger partial charge in [0.15, 0.2) is 0 Å². The smallest absolute Gasteiger partial charge is 0.328 e. The summed E-state index contributed by atoms with van der Waals surface area (Å²) in [4.78, 5) is 21.9. The number of amides is 1. The second kappa shape index (κ2) is 5.99. The van der Waals surface area contributed by atoms with Crippen LogP contribution in [-0.2, 0) is 16.0 Å². The van der Waals surface area contributed by atoms with E-state index in [9.17, 15) is 9.59 Å². The molecule has 98 valence electrons. The van der Waals surface area contributed by atoms with Crippen molar-refractivity contribution in [1.29, 1.82) is 0 Å². The predicted molar refractivity (Wildman–Crippen MR) is 78.9 cm³/mol. The molecular formula is C13H11NO3S2. The van der Waals surface area contributed by atoms with Crippen LogP contribution in [0.1, 0.15) is 11.1 Å². The summed E-state index contributed by atoms with van der Waals surface area (Å²) in [5.74, 6) is -1.03. The molecule has 1 heterocycles. The summed E-state index contributed by atoms with van der Waals surface area (Å²) in [6, 6.07) is 7.42. The first kappa shape index (κ1) is 13.8. The third-order valence-electron chi connectivity index (χ3n) is 2.59. The van der Waals surface area contributed by atoms with Gasteiger partial charge in [-0.3, -0.25) is 4.79 Å². The number of thioether (sulfide) groups is 1. The number of hydrogen-bond donors (Lipinski definition) is 2. The number of benzene rings is 1. The topological polar surface area (TPSA) is 66.4 Å². The number of nitrogens with one attached hydrogen (secondary N) is 1. The summed E-state index contributed by atoms with van der Waals surface area (Å²) in [5.41, 5.74) is 1.83. The number of carbonyl (C=O) groups is 2. The van der Waals surface area contributed by atoms with Gasteiger partial charge in [0.1, 0.15) is 4.32 Å². The Hall–Kier alpha value is -1.66. The van der Waals surface area contributed by atoms with Crippen LogP contribution in [0.3, 0.4) is 0 Å². The van der Waals surface area contributed by atoms with Crippen LogP contribution >= 0.6 is 24.0 Å². The van der Waals surface area contributed by atoms with E-state index in [1.54, 1.807) is 0 Å². The molecule has 1 amide bonds. The molecule has 0 bridgehead atoms. The zero-order valence-corrected chi connectivity index (χ0v) is 11.5. The molecule has 4 nitrogen and oxygen atoms in total.